The van der Waals surface area contributed by atoms with Crippen molar-refractivity contribution in [3.63, 3.8) is 0 Å². The van der Waals surface area contributed by atoms with Crippen LogP contribution in [0.25, 0.3) is 11.0 Å². The monoisotopic (exact) mass is 220 g/mol. The third-order valence-electron chi connectivity index (χ3n) is 2.24. The number of furan rings is 1. The van der Waals surface area contributed by atoms with E-state index < -0.39 is 5.97 Å². The largest absolute Gasteiger partial charge is 0.493 e. The zero-order valence-electron chi connectivity index (χ0n) is 8.90. The number of carboxylic acid groups (broad SMARTS) is 1. The lowest BCUT2D eigenvalue weighted by molar-refractivity contribution is 0.0696. The van der Waals surface area contributed by atoms with E-state index in [1.54, 1.807) is 6.07 Å². The van der Waals surface area contributed by atoms with Crippen molar-refractivity contribution in [3.8, 4) is 5.75 Å². The van der Waals surface area contributed by atoms with Gasteiger partial charge in [-0.2, -0.15) is 0 Å². The molecule has 4 heteroatoms. The Morgan fingerprint density at radius 1 is 1.50 bits per heavy atom. The molecular weight excluding hydrogens is 208 g/mol. The Kier molecular flexibility index (Phi) is 2.81. The third-order valence-corrected chi connectivity index (χ3v) is 2.24. The van der Waals surface area contributed by atoms with Gasteiger partial charge in [0.1, 0.15) is 11.3 Å². The highest BCUT2D eigenvalue weighted by Crippen LogP contribution is 2.28. The number of ether oxygens (including phenoxy) is 1. The molecule has 84 valence electrons. The number of rotatable bonds is 4. The van der Waals surface area contributed by atoms with Gasteiger partial charge >= 0.3 is 5.97 Å². The van der Waals surface area contributed by atoms with Gasteiger partial charge in [-0.25, -0.2) is 4.79 Å². The van der Waals surface area contributed by atoms with Crippen LogP contribution in [0.4, 0.5) is 0 Å². The molecule has 0 spiro atoms. The van der Waals surface area contributed by atoms with E-state index in [0.717, 1.165) is 11.8 Å². The summed E-state index contributed by atoms with van der Waals surface area (Å²) in [5.41, 5.74) is 0.708. The van der Waals surface area contributed by atoms with E-state index in [1.807, 2.05) is 6.92 Å². The van der Waals surface area contributed by atoms with E-state index in [2.05, 4.69) is 0 Å². The van der Waals surface area contributed by atoms with Crippen LogP contribution in [0.2, 0.25) is 0 Å². The molecule has 4 nitrogen and oxygen atoms in total. The van der Waals surface area contributed by atoms with Gasteiger partial charge in [0.25, 0.3) is 0 Å². The molecule has 0 bridgehead atoms. The third kappa shape index (κ3) is 1.86. The van der Waals surface area contributed by atoms with Gasteiger partial charge in [0.05, 0.1) is 23.8 Å². The summed E-state index contributed by atoms with van der Waals surface area (Å²) in [5, 5.41) is 9.74. The summed E-state index contributed by atoms with van der Waals surface area (Å²) in [5.74, 6) is -0.426. The predicted octanol–water partition coefficient (Wildman–Crippen LogP) is 2.92. The SMILES string of the molecule is CCCOc1cc(C(=O)O)cc2occc12. The van der Waals surface area contributed by atoms with Crippen molar-refractivity contribution in [3.05, 3.63) is 30.0 Å². The molecule has 0 amide bonds. The molecule has 0 fully saturated rings. The molecule has 2 aromatic rings. The number of carbonyl (C=O) groups is 1. The smallest absolute Gasteiger partial charge is 0.335 e. The number of fused-ring (bicyclic) bond motifs is 1. The van der Waals surface area contributed by atoms with Gasteiger partial charge in [0.2, 0.25) is 0 Å². The zero-order valence-corrected chi connectivity index (χ0v) is 8.90. The highest BCUT2D eigenvalue weighted by Gasteiger charge is 2.11. The van der Waals surface area contributed by atoms with Gasteiger partial charge in [0.15, 0.2) is 0 Å². The average Bonchev–Trinajstić information content (AvgIpc) is 2.73. The van der Waals surface area contributed by atoms with Gasteiger partial charge in [-0.05, 0) is 24.6 Å². The van der Waals surface area contributed by atoms with Crippen LogP contribution in [0, 0.1) is 0 Å². The number of benzene rings is 1. The lowest BCUT2D eigenvalue weighted by Crippen LogP contribution is -2.00. The summed E-state index contributed by atoms with van der Waals surface area (Å²) in [4.78, 5) is 10.9. The molecule has 1 N–H and O–H groups in total. The maximum Gasteiger partial charge on any atom is 0.335 e. The van der Waals surface area contributed by atoms with Gasteiger partial charge in [0, 0.05) is 0 Å². The van der Waals surface area contributed by atoms with E-state index in [1.165, 1.54) is 18.4 Å². The van der Waals surface area contributed by atoms with Crippen LogP contribution in [-0.2, 0) is 0 Å². The summed E-state index contributed by atoms with van der Waals surface area (Å²) in [6.45, 7) is 2.55. The van der Waals surface area contributed by atoms with Crippen LogP contribution in [0.3, 0.4) is 0 Å². The number of carboxylic acids is 1. The summed E-state index contributed by atoms with van der Waals surface area (Å²) in [6, 6.07) is 4.79. The molecule has 1 aromatic heterocycles. The topological polar surface area (TPSA) is 59.7 Å². The second-order valence-electron chi connectivity index (χ2n) is 3.46. The minimum Gasteiger partial charge on any atom is -0.493 e. The van der Waals surface area contributed by atoms with Crippen LogP contribution in [-0.4, -0.2) is 17.7 Å². The van der Waals surface area contributed by atoms with E-state index >= 15 is 0 Å². The molecule has 0 aliphatic rings. The summed E-state index contributed by atoms with van der Waals surface area (Å²) in [6.07, 6.45) is 2.39. The summed E-state index contributed by atoms with van der Waals surface area (Å²) in [7, 11) is 0. The fourth-order valence-electron chi connectivity index (χ4n) is 1.49. The van der Waals surface area contributed by atoms with Gasteiger partial charge in [-0.1, -0.05) is 6.92 Å². The van der Waals surface area contributed by atoms with Crippen molar-refractivity contribution >= 4 is 16.9 Å². The summed E-state index contributed by atoms with van der Waals surface area (Å²) >= 11 is 0. The van der Waals surface area contributed by atoms with Gasteiger partial charge < -0.3 is 14.3 Å². The molecule has 0 unspecified atom stereocenters. The van der Waals surface area contributed by atoms with Crippen molar-refractivity contribution in [2.45, 2.75) is 13.3 Å². The molecular formula is C12H12O4. The number of aromatic carboxylic acids is 1. The summed E-state index contributed by atoms with van der Waals surface area (Å²) < 4.78 is 10.7. The molecule has 0 aliphatic carbocycles. The first-order chi connectivity index (χ1) is 7.72. The number of hydrogen-bond donors (Lipinski definition) is 1. The molecule has 1 heterocycles. The Balaban J connectivity index is 2.50. The van der Waals surface area contributed by atoms with Crippen LogP contribution in [0.5, 0.6) is 5.75 Å². The van der Waals surface area contributed by atoms with Crippen LogP contribution in [0.15, 0.2) is 28.9 Å². The van der Waals surface area contributed by atoms with E-state index in [4.69, 9.17) is 14.3 Å². The average molecular weight is 220 g/mol. The lowest BCUT2D eigenvalue weighted by atomic mass is 10.1. The zero-order chi connectivity index (χ0) is 11.5. The molecule has 0 aliphatic heterocycles. The second-order valence-corrected chi connectivity index (χ2v) is 3.46. The number of hydrogen-bond acceptors (Lipinski definition) is 3. The van der Waals surface area contributed by atoms with Crippen LogP contribution >= 0.6 is 0 Å². The fourth-order valence-corrected chi connectivity index (χ4v) is 1.49. The Labute approximate surface area is 92.4 Å². The minimum absolute atomic E-state index is 0.175. The second kappa shape index (κ2) is 4.26. The first-order valence-electron chi connectivity index (χ1n) is 5.09. The van der Waals surface area contributed by atoms with Crippen LogP contribution in [0.1, 0.15) is 23.7 Å². The van der Waals surface area contributed by atoms with Crippen molar-refractivity contribution < 1.29 is 19.1 Å². The maximum atomic E-state index is 10.9. The Morgan fingerprint density at radius 2 is 2.31 bits per heavy atom. The van der Waals surface area contributed by atoms with E-state index in [0.29, 0.717) is 17.9 Å². The molecule has 0 radical (unpaired) electrons. The Morgan fingerprint density at radius 3 is 3.00 bits per heavy atom. The minimum atomic E-state index is -0.986. The maximum absolute atomic E-state index is 10.9. The highest BCUT2D eigenvalue weighted by atomic mass is 16.5. The van der Waals surface area contributed by atoms with E-state index in [9.17, 15) is 4.79 Å². The first-order valence-corrected chi connectivity index (χ1v) is 5.09. The lowest BCUT2D eigenvalue weighted by Gasteiger charge is -2.06. The molecule has 1 aromatic carbocycles. The van der Waals surface area contributed by atoms with Crippen LogP contribution < -0.4 is 4.74 Å². The Bertz CT molecular complexity index is 513. The molecule has 0 saturated carbocycles. The van der Waals surface area contributed by atoms with Crippen molar-refractivity contribution in [2.24, 2.45) is 0 Å². The van der Waals surface area contributed by atoms with Crippen molar-refractivity contribution in [1.29, 1.82) is 0 Å². The fraction of sp³-hybridized carbons (Fsp3) is 0.250. The van der Waals surface area contributed by atoms with E-state index in [-0.39, 0.29) is 5.56 Å². The molecule has 2 rings (SSSR count). The van der Waals surface area contributed by atoms with Gasteiger partial charge in [-0.15, -0.1) is 0 Å². The normalized spacial score (nSPS) is 10.6. The van der Waals surface area contributed by atoms with Gasteiger partial charge in [-0.3, -0.25) is 0 Å². The quantitative estimate of drug-likeness (QED) is 0.860. The highest BCUT2D eigenvalue weighted by molar-refractivity contribution is 5.95. The Hall–Kier alpha value is -1.97. The predicted molar refractivity (Wildman–Crippen MR) is 59.0 cm³/mol. The first kappa shape index (κ1) is 10.5. The van der Waals surface area contributed by atoms with Crippen molar-refractivity contribution in [2.75, 3.05) is 6.61 Å². The molecule has 0 atom stereocenters. The standard InChI is InChI=1S/C12H12O4/c1-2-4-15-10-6-8(12(13)14)7-11-9(10)3-5-16-11/h3,5-7H,2,4H2,1H3,(H,13,14). The van der Waals surface area contributed by atoms with Crippen molar-refractivity contribution in [1.82, 2.24) is 0 Å². The molecule has 16 heavy (non-hydrogen) atoms. The molecule has 0 saturated heterocycles.